The largest absolute Gasteiger partial charge is 0.390 e. The number of aryl methyl sites for hydroxylation is 1. The average molecular weight is 582 g/mol. The van der Waals surface area contributed by atoms with E-state index in [-0.39, 0.29) is 27.3 Å². The Morgan fingerprint density at radius 3 is 2.73 bits per heavy atom. The Balaban J connectivity index is 1.55. The van der Waals surface area contributed by atoms with Gasteiger partial charge in [-0.25, -0.2) is 15.0 Å². The number of piperidine rings is 1. The minimum Gasteiger partial charge on any atom is -0.390 e. The van der Waals surface area contributed by atoms with E-state index in [4.69, 9.17) is 38.7 Å². The Kier molecular flexibility index (Phi) is 6.98. The Morgan fingerprint density at radius 1 is 1.37 bits per heavy atom. The van der Waals surface area contributed by atoms with E-state index in [9.17, 15) is 5.11 Å². The van der Waals surface area contributed by atoms with E-state index in [0.717, 1.165) is 42.3 Å². The zero-order chi connectivity index (χ0) is 21.5. The maximum Gasteiger partial charge on any atom is 0.153 e. The predicted octanol–water partition coefficient (Wildman–Crippen LogP) is 3.84. The number of hydrogen-bond acceptors (Lipinski definition) is 8. The van der Waals surface area contributed by atoms with Crippen LogP contribution in [0.1, 0.15) is 24.2 Å². The zero-order valence-corrected chi connectivity index (χ0v) is 20.8. The highest BCUT2D eigenvalue weighted by Gasteiger charge is 2.48. The van der Waals surface area contributed by atoms with Gasteiger partial charge >= 0.3 is 0 Å². The van der Waals surface area contributed by atoms with Crippen molar-refractivity contribution in [2.75, 3.05) is 24.6 Å². The summed E-state index contributed by atoms with van der Waals surface area (Å²) in [5.41, 5.74) is 7.77. The van der Waals surface area contributed by atoms with Crippen LogP contribution in [0.5, 0.6) is 0 Å². The van der Waals surface area contributed by atoms with Gasteiger partial charge in [0.25, 0.3) is 0 Å². The van der Waals surface area contributed by atoms with Gasteiger partial charge in [0.05, 0.1) is 23.9 Å². The summed E-state index contributed by atoms with van der Waals surface area (Å²) in [5, 5.41) is 11.3. The highest BCUT2D eigenvalue weighted by molar-refractivity contribution is 14.1. The van der Waals surface area contributed by atoms with Crippen LogP contribution in [0.15, 0.2) is 22.2 Å². The third-order valence-corrected chi connectivity index (χ3v) is 8.98. The van der Waals surface area contributed by atoms with E-state index in [1.165, 1.54) is 11.8 Å². The van der Waals surface area contributed by atoms with Crippen molar-refractivity contribution in [1.29, 1.82) is 0 Å². The monoisotopic (exact) mass is 581 g/mol. The fourth-order valence-electron chi connectivity index (χ4n) is 3.93. The first-order chi connectivity index (χ1) is 14.3. The molecule has 2 aliphatic heterocycles. The molecule has 30 heavy (non-hydrogen) atoms. The minimum atomic E-state index is -0.193. The van der Waals surface area contributed by atoms with Crippen LogP contribution in [-0.2, 0) is 11.3 Å². The summed E-state index contributed by atoms with van der Waals surface area (Å²) in [4.78, 5) is 16.4. The van der Waals surface area contributed by atoms with Crippen molar-refractivity contribution in [3.8, 4) is 0 Å². The zero-order valence-electron chi connectivity index (χ0n) is 16.3. The number of anilines is 1. The summed E-state index contributed by atoms with van der Waals surface area (Å²) in [7, 11) is 0. The molecule has 4 rings (SSSR count). The molecule has 0 radical (unpaired) electrons. The highest BCUT2D eigenvalue weighted by atomic mass is 127. The van der Waals surface area contributed by atoms with Crippen LogP contribution in [-0.4, -0.2) is 49.9 Å². The van der Waals surface area contributed by atoms with Crippen molar-refractivity contribution in [3.63, 3.8) is 0 Å². The molecule has 0 aliphatic carbocycles. The summed E-state index contributed by atoms with van der Waals surface area (Å²) in [6, 6.07) is 1.82. The van der Waals surface area contributed by atoms with Gasteiger partial charge in [-0.05, 0) is 48.4 Å². The number of alkyl halides is 1. The van der Waals surface area contributed by atoms with Gasteiger partial charge in [-0.1, -0.05) is 35.0 Å². The van der Waals surface area contributed by atoms with E-state index < -0.39 is 0 Å². The number of hydrogen-bond donors (Lipinski definition) is 2. The summed E-state index contributed by atoms with van der Waals surface area (Å²) < 4.78 is 5.87. The average Bonchev–Trinajstić information content (AvgIpc) is 3.01. The van der Waals surface area contributed by atoms with Crippen molar-refractivity contribution >= 4 is 63.4 Å². The topological polar surface area (TPSA) is 97.4 Å². The molecule has 2 aromatic rings. The molecule has 2 atom stereocenters. The maximum atomic E-state index is 9.97. The number of halogens is 3. The SMILES string of the molecule is Cc1nc(N2CCC3(CC2)CO[C@@H](I)[C@H]3N)c(CO)nc1Sc1ccnc(Cl)c1Cl. The molecule has 1 spiro atoms. The lowest BCUT2D eigenvalue weighted by Gasteiger charge is -2.41. The highest BCUT2D eigenvalue weighted by Crippen LogP contribution is 2.44. The first-order valence-electron chi connectivity index (χ1n) is 9.57. The van der Waals surface area contributed by atoms with Crippen molar-refractivity contribution in [3.05, 3.63) is 33.8 Å². The molecule has 3 N–H and O–H groups in total. The number of pyridine rings is 1. The molecule has 2 fully saturated rings. The number of aromatic nitrogens is 3. The molecule has 0 amide bonds. The van der Waals surface area contributed by atoms with E-state index >= 15 is 0 Å². The summed E-state index contributed by atoms with van der Waals surface area (Å²) in [6.07, 6.45) is 3.46. The third-order valence-electron chi connectivity index (χ3n) is 5.82. The van der Waals surface area contributed by atoms with Crippen LogP contribution in [0, 0.1) is 12.3 Å². The smallest absolute Gasteiger partial charge is 0.153 e. The standard InChI is InChI=1S/C19H22Cl2IN5O2S/c1-10-18(30-12-2-5-24-15(21)13(12)20)26-11(8-28)17(25-10)27-6-3-19(4-7-27)9-29-16(22)14(19)23/h2,5,14,16,28H,3-4,6-9,23H2,1H3/t14-,16-/m1/s1. The molecule has 0 bridgehead atoms. The predicted molar refractivity (Wildman–Crippen MR) is 127 cm³/mol. The lowest BCUT2D eigenvalue weighted by molar-refractivity contribution is 0.127. The third kappa shape index (κ3) is 4.26. The van der Waals surface area contributed by atoms with Gasteiger partial charge in [0.15, 0.2) is 5.82 Å². The molecule has 0 saturated carbocycles. The van der Waals surface area contributed by atoms with Crippen LogP contribution in [0.2, 0.25) is 10.2 Å². The molecule has 0 aromatic carbocycles. The number of aliphatic hydroxyl groups excluding tert-OH is 1. The van der Waals surface area contributed by atoms with E-state index in [1.54, 1.807) is 12.3 Å². The lowest BCUT2D eigenvalue weighted by atomic mass is 9.75. The van der Waals surface area contributed by atoms with Crippen LogP contribution >= 0.6 is 57.6 Å². The van der Waals surface area contributed by atoms with Crippen molar-refractivity contribution in [2.24, 2.45) is 11.1 Å². The number of nitrogens with two attached hydrogens (primary N) is 1. The van der Waals surface area contributed by atoms with E-state index in [2.05, 4.69) is 37.5 Å². The molecule has 0 unspecified atom stereocenters. The second-order valence-corrected chi connectivity index (χ2v) is 10.6. The number of aliphatic hydroxyl groups is 1. The molecule has 4 heterocycles. The fraction of sp³-hybridized carbons (Fsp3) is 0.526. The number of rotatable bonds is 4. The first-order valence-corrected chi connectivity index (χ1v) is 12.4. The van der Waals surface area contributed by atoms with Crippen molar-refractivity contribution < 1.29 is 9.84 Å². The maximum absolute atomic E-state index is 9.97. The Morgan fingerprint density at radius 2 is 2.10 bits per heavy atom. The number of ether oxygens (including phenoxy) is 1. The molecule has 2 saturated heterocycles. The molecule has 11 heteroatoms. The second-order valence-electron chi connectivity index (χ2n) is 7.60. The molecular formula is C19H22Cl2IN5O2S. The second kappa shape index (κ2) is 9.21. The molecule has 2 aliphatic rings. The summed E-state index contributed by atoms with van der Waals surface area (Å²) in [5.74, 6) is 0.728. The van der Waals surface area contributed by atoms with Gasteiger partial charge < -0.3 is 20.5 Å². The van der Waals surface area contributed by atoms with Gasteiger partial charge in [-0.2, -0.15) is 0 Å². The van der Waals surface area contributed by atoms with Crippen molar-refractivity contribution in [2.45, 2.75) is 46.4 Å². The van der Waals surface area contributed by atoms with Crippen LogP contribution in [0.25, 0.3) is 0 Å². The summed E-state index contributed by atoms with van der Waals surface area (Å²) in [6.45, 7) is 4.03. The van der Waals surface area contributed by atoms with Gasteiger partial charge in [0.1, 0.15) is 20.0 Å². The molecular weight excluding hydrogens is 560 g/mol. The molecule has 2 aromatic heterocycles. The van der Waals surface area contributed by atoms with Crippen LogP contribution in [0.3, 0.4) is 0 Å². The lowest BCUT2D eigenvalue weighted by Crippen LogP contribution is -2.50. The molecule has 162 valence electrons. The Bertz CT molecular complexity index is 945. The van der Waals surface area contributed by atoms with Gasteiger partial charge in [-0.3, -0.25) is 0 Å². The van der Waals surface area contributed by atoms with Gasteiger partial charge in [0.2, 0.25) is 0 Å². The quantitative estimate of drug-likeness (QED) is 0.319. The fourth-order valence-corrected chi connectivity index (χ4v) is 6.19. The van der Waals surface area contributed by atoms with Crippen molar-refractivity contribution in [1.82, 2.24) is 15.0 Å². The Labute approximate surface area is 203 Å². The van der Waals surface area contributed by atoms with Gasteiger partial charge in [0, 0.05) is 35.6 Å². The minimum absolute atomic E-state index is 0.0252. The first kappa shape index (κ1) is 22.8. The van der Waals surface area contributed by atoms with E-state index in [1.807, 2.05) is 6.92 Å². The van der Waals surface area contributed by atoms with Crippen LogP contribution < -0.4 is 10.6 Å². The van der Waals surface area contributed by atoms with Gasteiger partial charge in [-0.15, -0.1) is 0 Å². The van der Waals surface area contributed by atoms with Crippen LogP contribution in [0.4, 0.5) is 5.82 Å². The summed E-state index contributed by atoms with van der Waals surface area (Å²) >= 11 is 15.9. The Hall–Kier alpha value is -0.430. The number of nitrogens with zero attached hydrogens (tertiary/aromatic N) is 4. The molecule has 7 nitrogen and oxygen atoms in total. The van der Waals surface area contributed by atoms with E-state index in [0.29, 0.717) is 22.3 Å². The normalized spacial score (nSPS) is 23.3.